The molecule has 7 aromatic rings. The van der Waals surface area contributed by atoms with Crippen LogP contribution in [0.2, 0.25) is 0 Å². The van der Waals surface area contributed by atoms with Gasteiger partial charge in [0.15, 0.2) is 0 Å². The van der Waals surface area contributed by atoms with E-state index in [1.54, 1.807) is 12.4 Å². The molecule has 4 aliphatic heterocycles. The van der Waals surface area contributed by atoms with Crippen molar-refractivity contribution in [1.29, 1.82) is 0 Å². The van der Waals surface area contributed by atoms with Gasteiger partial charge < -0.3 is 0 Å². The molecule has 0 aliphatic carbocycles. The predicted octanol–water partition coefficient (Wildman–Crippen LogP) is 35.2. The van der Waals surface area contributed by atoms with Crippen molar-refractivity contribution in [1.82, 2.24) is 70.2 Å². The van der Waals surface area contributed by atoms with E-state index in [4.69, 9.17) is 0 Å². The Bertz CT molecular complexity index is 3940. The molecule has 0 fully saturated rings. The van der Waals surface area contributed by atoms with Crippen molar-refractivity contribution in [3.63, 3.8) is 0 Å². The highest BCUT2D eigenvalue weighted by atomic mass is 15.1. The van der Waals surface area contributed by atoms with Crippen molar-refractivity contribution >= 4 is 22.8 Å². The average Bonchev–Trinajstić information content (AvgIpc) is 1.45. The molecular formula is C118H210N18. The van der Waals surface area contributed by atoms with Crippen LogP contribution in [0.3, 0.4) is 0 Å². The van der Waals surface area contributed by atoms with E-state index in [2.05, 4.69) is 236 Å². The second-order valence-electron chi connectivity index (χ2n) is 33.6. The first-order chi connectivity index (χ1) is 65.4. The van der Waals surface area contributed by atoms with Gasteiger partial charge in [-0.25, -0.2) is 29.9 Å². The molecule has 0 saturated heterocycles. The summed E-state index contributed by atoms with van der Waals surface area (Å²) in [7, 11) is 0. The molecule has 7 aromatic heterocycles. The molecular weight excluding hydrogens is 1670 g/mol. The van der Waals surface area contributed by atoms with Crippen LogP contribution in [0.1, 0.15) is 493 Å². The molecule has 0 aromatic carbocycles. The summed E-state index contributed by atoms with van der Waals surface area (Å²) in [6.45, 7) is 87.7. The fourth-order valence-corrected chi connectivity index (χ4v) is 12.7. The minimum atomic E-state index is 0.949. The van der Waals surface area contributed by atoms with Gasteiger partial charge in [0.1, 0.15) is 17.5 Å². The van der Waals surface area contributed by atoms with E-state index >= 15 is 0 Å². The van der Waals surface area contributed by atoms with Crippen LogP contribution < -0.4 is 0 Å². The largest absolute Gasteiger partial charge is 0.285 e. The Kier molecular flexibility index (Phi) is 104. The van der Waals surface area contributed by atoms with E-state index in [1.807, 2.05) is 206 Å². The molecule has 11 heterocycles. The molecule has 18 heteroatoms. The molecule has 0 atom stereocenters. The van der Waals surface area contributed by atoms with Gasteiger partial charge >= 0.3 is 0 Å². The van der Waals surface area contributed by atoms with E-state index in [9.17, 15) is 0 Å². The summed E-state index contributed by atoms with van der Waals surface area (Å²) in [6, 6.07) is 13.4. The lowest BCUT2D eigenvalue weighted by Crippen LogP contribution is -1.98. The average molecular weight is 1880 g/mol. The Hall–Kier alpha value is -8.80. The third kappa shape index (κ3) is 80.2. The van der Waals surface area contributed by atoms with E-state index in [0.717, 1.165) is 144 Å². The van der Waals surface area contributed by atoms with Crippen LogP contribution in [0.4, 0.5) is 0 Å². The Morgan fingerprint density at radius 2 is 0.529 bits per heavy atom. The molecule has 4 aliphatic rings. The summed E-state index contributed by atoms with van der Waals surface area (Å²) in [6.07, 6.45) is 53.4. The van der Waals surface area contributed by atoms with E-state index in [1.165, 1.54) is 247 Å². The molecule has 0 unspecified atom stereocenters. The third-order valence-electron chi connectivity index (χ3n) is 20.6. The molecule has 0 N–H and O–H groups in total. The summed E-state index contributed by atoms with van der Waals surface area (Å²) in [5.41, 5.74) is 29.4. The monoisotopic (exact) mass is 1880 g/mol. The SMILES string of the molecule is CC.CC.CC.CC.CC.CCCCC.CCCCC.CCCCC1=C(C)CC(C)=N1.CCCCC1=C(C)CC(C)=N1.CCCCC1=C(C)CN=C1C.CCCCC1=C(C)CN=C1C.CCCCc1cnc(C)c(C)n1.CCCCc1cnc(C)c(C)n1.CCCCc1nc(C)cc(C)n1.CCCCc1nccc(C)n1.CCCCc1nccc(C)n1.Cc1cccnn1.Cc1cccnn1. The highest BCUT2D eigenvalue weighted by molar-refractivity contribution is 6.01. The Labute approximate surface area is 840 Å². The zero-order valence-electron chi connectivity index (χ0n) is 96.2. The lowest BCUT2D eigenvalue weighted by molar-refractivity contribution is 0.743. The van der Waals surface area contributed by atoms with Crippen molar-refractivity contribution in [2.45, 2.75) is 509 Å². The summed E-state index contributed by atoms with van der Waals surface area (Å²) < 4.78 is 0. The number of rotatable bonds is 31. The normalized spacial score (nSPS) is 11.7. The van der Waals surface area contributed by atoms with Gasteiger partial charge in [-0.2, -0.15) is 20.4 Å². The molecule has 772 valence electrons. The van der Waals surface area contributed by atoms with E-state index in [0.29, 0.717) is 0 Å². The van der Waals surface area contributed by atoms with Gasteiger partial charge in [0.05, 0.1) is 58.6 Å². The van der Waals surface area contributed by atoms with Crippen LogP contribution in [0, 0.1) is 69.2 Å². The van der Waals surface area contributed by atoms with Gasteiger partial charge in [0, 0.05) is 126 Å². The number of allylic oxidation sites excluding steroid dienone is 6. The van der Waals surface area contributed by atoms with Gasteiger partial charge in [-0.15, -0.1) is 0 Å². The maximum atomic E-state index is 4.50. The van der Waals surface area contributed by atoms with Crippen molar-refractivity contribution in [3.8, 4) is 0 Å². The molecule has 11 rings (SSSR count). The number of aliphatic imine (C=N–C) groups is 4. The van der Waals surface area contributed by atoms with Gasteiger partial charge in [-0.1, -0.05) is 256 Å². The minimum Gasteiger partial charge on any atom is -0.285 e. The van der Waals surface area contributed by atoms with Gasteiger partial charge in [-0.3, -0.25) is 39.9 Å². The number of unbranched alkanes of at least 4 members (excludes halogenated alkanes) is 13. The first kappa shape index (κ1) is 140. The smallest absolute Gasteiger partial charge is 0.128 e. The zero-order valence-corrected chi connectivity index (χ0v) is 96.2. The Morgan fingerprint density at radius 3 is 0.757 bits per heavy atom. The number of nitrogens with zero attached hydrogens (tertiary/aromatic N) is 18. The minimum absolute atomic E-state index is 0.949. The highest BCUT2D eigenvalue weighted by Gasteiger charge is 2.14. The van der Waals surface area contributed by atoms with Crippen molar-refractivity contribution in [3.05, 3.63) is 210 Å². The Morgan fingerprint density at radius 1 is 0.250 bits per heavy atom. The van der Waals surface area contributed by atoms with Gasteiger partial charge in [-0.05, 0) is 297 Å². The fourth-order valence-electron chi connectivity index (χ4n) is 12.7. The maximum Gasteiger partial charge on any atom is 0.128 e. The number of aromatic nitrogens is 14. The van der Waals surface area contributed by atoms with Crippen LogP contribution in [0.15, 0.2) is 144 Å². The molecule has 0 saturated carbocycles. The number of hydrogen-bond acceptors (Lipinski definition) is 18. The van der Waals surface area contributed by atoms with Crippen molar-refractivity contribution in [2.24, 2.45) is 20.0 Å². The van der Waals surface area contributed by atoms with Gasteiger partial charge in [0.25, 0.3) is 0 Å². The summed E-state index contributed by atoms with van der Waals surface area (Å²) in [4.78, 5) is 60.9. The van der Waals surface area contributed by atoms with Crippen molar-refractivity contribution in [2.75, 3.05) is 13.1 Å². The number of aryl methyl sites for hydroxylation is 15. The summed E-state index contributed by atoms with van der Waals surface area (Å²) >= 11 is 0. The van der Waals surface area contributed by atoms with Crippen molar-refractivity contribution < 1.29 is 0 Å². The van der Waals surface area contributed by atoms with Crippen LogP contribution >= 0.6 is 0 Å². The fraction of sp³-hybridized carbons (Fsp3) is 0.661. The lowest BCUT2D eigenvalue weighted by atomic mass is 10.0. The first-order valence-corrected chi connectivity index (χ1v) is 53.8. The topological polar surface area (TPSA) is 230 Å². The van der Waals surface area contributed by atoms with E-state index in [-0.39, 0.29) is 0 Å². The van der Waals surface area contributed by atoms with Crippen LogP contribution in [0.25, 0.3) is 0 Å². The van der Waals surface area contributed by atoms with Crippen LogP contribution in [-0.4, -0.2) is 106 Å². The molecule has 0 radical (unpaired) electrons. The quantitative estimate of drug-likeness (QED) is 0.0394. The maximum absolute atomic E-state index is 4.50. The van der Waals surface area contributed by atoms with Crippen LogP contribution in [-0.2, 0) is 32.1 Å². The second kappa shape index (κ2) is 101. The standard InChI is InChI=1S/3C10H16N2.4C10H17N.2C9H14N2.2C5H6N2.2C5H12.5C2H6/c2*1-4-5-6-10-7-11-8(2)9(3)12-10;1-4-5-6-10-11-8(2)7-9(3)12-10;2*1-4-5-6-10-8(2)7-11-9(10)3;2*1-4-5-6-10-8(2)7-9(3)11-10;2*1-3-4-5-9-10-7-6-8(2)11-9;2*1-5-3-2-4-6-7-5;2*1-3-5-4-2;5*1-2/h3*7H,4-6H2,1-3H3;4*4-7H2,1-3H3;2*6-7H,3-5H2,1-2H3;2*2-4H,1H3;2*3-5H2,1-2H3;5*1-2H3. The lowest BCUT2D eigenvalue weighted by Gasteiger charge is -2.02. The molecule has 18 nitrogen and oxygen atoms in total. The molecule has 0 spiro atoms. The predicted molar refractivity (Wildman–Crippen MR) is 602 cm³/mol. The summed E-state index contributed by atoms with van der Waals surface area (Å²) in [5.74, 6) is 2.95. The highest BCUT2D eigenvalue weighted by Crippen LogP contribution is 2.26. The third-order valence-corrected chi connectivity index (χ3v) is 20.6. The summed E-state index contributed by atoms with van der Waals surface area (Å²) in [5, 5.41) is 14.7. The molecule has 136 heavy (non-hydrogen) atoms. The Balaban J connectivity index is -0.000000265. The second-order valence-corrected chi connectivity index (χ2v) is 33.6. The van der Waals surface area contributed by atoms with E-state index < -0.39 is 0 Å². The van der Waals surface area contributed by atoms with Gasteiger partial charge in [0.2, 0.25) is 0 Å². The molecule has 0 amide bonds. The first-order valence-electron chi connectivity index (χ1n) is 53.8. The van der Waals surface area contributed by atoms with Crippen LogP contribution in [0.5, 0.6) is 0 Å². The molecule has 0 bridgehead atoms. The zero-order chi connectivity index (χ0) is 105. The number of hydrogen-bond donors (Lipinski definition) is 0.